The molecule has 0 aliphatic carbocycles. The molecule has 0 fully saturated rings. The number of hydrogen-bond acceptors (Lipinski definition) is 3. The van der Waals surface area contributed by atoms with Gasteiger partial charge in [0.1, 0.15) is 0 Å². The van der Waals surface area contributed by atoms with Crippen molar-refractivity contribution in [1.82, 2.24) is 4.98 Å². The van der Waals surface area contributed by atoms with Crippen molar-refractivity contribution in [2.45, 2.75) is 6.04 Å². The fourth-order valence-electron chi connectivity index (χ4n) is 1.02. The molecule has 1 aromatic heterocycles. The van der Waals surface area contributed by atoms with Gasteiger partial charge in [-0.1, -0.05) is 12.7 Å². The Balaban J connectivity index is 3.04. The predicted octanol–water partition coefficient (Wildman–Crippen LogP) is 0.717. The third-order valence-corrected chi connectivity index (χ3v) is 1.70. The summed E-state index contributed by atoms with van der Waals surface area (Å²) in [5.74, 6) is 0. The number of pyridine rings is 1. The van der Waals surface area contributed by atoms with Gasteiger partial charge in [-0.15, -0.1) is 0 Å². The van der Waals surface area contributed by atoms with E-state index in [0.29, 0.717) is 0 Å². The maximum Gasteiger partial charge on any atom is 0.0624 e. The van der Waals surface area contributed by atoms with Crippen molar-refractivity contribution >= 4 is 6.08 Å². The van der Waals surface area contributed by atoms with Crippen LogP contribution in [0.25, 0.3) is 6.08 Å². The summed E-state index contributed by atoms with van der Waals surface area (Å²) >= 11 is 0. The fraction of sp³-hybridized carbons (Fsp3) is 0.222. The maximum absolute atomic E-state index is 8.83. The third-order valence-electron chi connectivity index (χ3n) is 1.70. The summed E-state index contributed by atoms with van der Waals surface area (Å²) in [6.45, 7) is 3.57. The second-order valence-electron chi connectivity index (χ2n) is 2.50. The Morgan fingerprint density at radius 1 is 1.75 bits per heavy atom. The summed E-state index contributed by atoms with van der Waals surface area (Å²) in [7, 11) is 0. The van der Waals surface area contributed by atoms with E-state index < -0.39 is 0 Å². The highest BCUT2D eigenvalue weighted by Gasteiger charge is 2.06. The molecule has 0 aromatic carbocycles. The number of aliphatic hydroxyl groups is 1. The van der Waals surface area contributed by atoms with Crippen LogP contribution in [0.5, 0.6) is 0 Å². The molecule has 1 heterocycles. The Bertz CT molecular complexity index is 273. The smallest absolute Gasteiger partial charge is 0.0624 e. The molecule has 0 unspecified atom stereocenters. The first-order chi connectivity index (χ1) is 5.79. The lowest BCUT2D eigenvalue weighted by Crippen LogP contribution is -2.15. The molecule has 0 bridgehead atoms. The highest BCUT2D eigenvalue weighted by atomic mass is 16.3. The van der Waals surface area contributed by atoms with Gasteiger partial charge in [0.2, 0.25) is 0 Å². The van der Waals surface area contributed by atoms with Crippen LogP contribution in [0.15, 0.2) is 25.0 Å². The summed E-state index contributed by atoms with van der Waals surface area (Å²) in [4.78, 5) is 3.92. The van der Waals surface area contributed by atoms with E-state index >= 15 is 0 Å². The van der Waals surface area contributed by atoms with E-state index in [1.807, 2.05) is 0 Å². The second kappa shape index (κ2) is 3.99. The lowest BCUT2D eigenvalue weighted by molar-refractivity contribution is 0.268. The summed E-state index contributed by atoms with van der Waals surface area (Å²) in [6.07, 6.45) is 5.01. The zero-order valence-corrected chi connectivity index (χ0v) is 6.77. The van der Waals surface area contributed by atoms with E-state index in [1.54, 1.807) is 24.5 Å². The van der Waals surface area contributed by atoms with Gasteiger partial charge in [0.15, 0.2) is 0 Å². The first kappa shape index (κ1) is 8.90. The lowest BCUT2D eigenvalue weighted by atomic mass is 10.0. The topological polar surface area (TPSA) is 59.1 Å². The third kappa shape index (κ3) is 1.69. The summed E-state index contributed by atoms with van der Waals surface area (Å²) in [6, 6.07) is 1.44. The molecule has 0 spiro atoms. The second-order valence-corrected chi connectivity index (χ2v) is 2.50. The number of aliphatic hydroxyl groups excluding tert-OH is 1. The Hall–Kier alpha value is -1.19. The molecule has 1 atom stereocenters. The van der Waals surface area contributed by atoms with Crippen molar-refractivity contribution in [3.63, 3.8) is 0 Å². The van der Waals surface area contributed by atoms with Crippen molar-refractivity contribution in [2.24, 2.45) is 5.73 Å². The average Bonchev–Trinajstić information content (AvgIpc) is 2.16. The Kier molecular flexibility index (Phi) is 2.96. The molecule has 0 radical (unpaired) electrons. The average molecular weight is 164 g/mol. The molecule has 3 nitrogen and oxygen atoms in total. The fourth-order valence-corrected chi connectivity index (χ4v) is 1.02. The van der Waals surface area contributed by atoms with Gasteiger partial charge in [0, 0.05) is 12.4 Å². The molecule has 1 aromatic rings. The summed E-state index contributed by atoms with van der Waals surface area (Å²) in [5.41, 5.74) is 7.40. The van der Waals surface area contributed by atoms with Gasteiger partial charge in [-0.3, -0.25) is 4.98 Å². The SMILES string of the molecule is C=Cc1cnccc1[C@H](N)CO. The molecule has 0 aliphatic rings. The molecule has 0 amide bonds. The van der Waals surface area contributed by atoms with Crippen LogP contribution in [0.1, 0.15) is 17.2 Å². The standard InChI is InChI=1S/C9H12N2O/c1-2-7-5-11-4-3-8(7)9(10)6-12/h2-5,9,12H,1,6,10H2/t9-/m1/s1. The van der Waals surface area contributed by atoms with E-state index in [1.165, 1.54) is 0 Å². The van der Waals surface area contributed by atoms with E-state index in [9.17, 15) is 0 Å². The minimum absolute atomic E-state index is 0.0646. The lowest BCUT2D eigenvalue weighted by Gasteiger charge is -2.10. The van der Waals surface area contributed by atoms with Gasteiger partial charge in [0.25, 0.3) is 0 Å². The zero-order chi connectivity index (χ0) is 8.97. The van der Waals surface area contributed by atoms with Crippen LogP contribution >= 0.6 is 0 Å². The van der Waals surface area contributed by atoms with Crippen molar-refractivity contribution in [3.05, 3.63) is 36.2 Å². The van der Waals surface area contributed by atoms with Crippen LogP contribution in [0, 0.1) is 0 Å². The largest absolute Gasteiger partial charge is 0.394 e. The highest BCUT2D eigenvalue weighted by molar-refractivity contribution is 5.51. The van der Waals surface area contributed by atoms with Crippen molar-refractivity contribution in [3.8, 4) is 0 Å². The van der Waals surface area contributed by atoms with Crippen molar-refractivity contribution < 1.29 is 5.11 Å². The first-order valence-electron chi connectivity index (χ1n) is 3.72. The molecule has 0 saturated carbocycles. The molecule has 0 saturated heterocycles. The Labute approximate surface area is 71.6 Å². The number of nitrogens with zero attached hydrogens (tertiary/aromatic N) is 1. The maximum atomic E-state index is 8.83. The number of nitrogens with two attached hydrogens (primary N) is 1. The zero-order valence-electron chi connectivity index (χ0n) is 6.77. The molecule has 3 heteroatoms. The van der Waals surface area contributed by atoms with Crippen molar-refractivity contribution in [1.29, 1.82) is 0 Å². The summed E-state index contributed by atoms with van der Waals surface area (Å²) in [5, 5.41) is 8.83. The summed E-state index contributed by atoms with van der Waals surface area (Å²) < 4.78 is 0. The van der Waals surface area contributed by atoms with E-state index in [4.69, 9.17) is 10.8 Å². The minimum Gasteiger partial charge on any atom is -0.394 e. The van der Waals surface area contributed by atoms with Gasteiger partial charge in [-0.2, -0.15) is 0 Å². The molecule has 0 aliphatic heterocycles. The minimum atomic E-state index is -0.346. The van der Waals surface area contributed by atoms with E-state index in [-0.39, 0.29) is 12.6 Å². The molecule has 3 N–H and O–H groups in total. The number of rotatable bonds is 3. The van der Waals surface area contributed by atoms with Gasteiger partial charge in [-0.05, 0) is 17.2 Å². The van der Waals surface area contributed by atoms with Gasteiger partial charge < -0.3 is 10.8 Å². The van der Waals surface area contributed by atoms with E-state index in [2.05, 4.69) is 11.6 Å². The van der Waals surface area contributed by atoms with Crippen LogP contribution < -0.4 is 5.73 Å². The predicted molar refractivity (Wildman–Crippen MR) is 48.3 cm³/mol. The van der Waals surface area contributed by atoms with Crippen LogP contribution in [-0.2, 0) is 0 Å². The van der Waals surface area contributed by atoms with Crippen molar-refractivity contribution in [2.75, 3.05) is 6.61 Å². The van der Waals surface area contributed by atoms with Gasteiger partial charge >= 0.3 is 0 Å². The van der Waals surface area contributed by atoms with E-state index in [0.717, 1.165) is 11.1 Å². The first-order valence-corrected chi connectivity index (χ1v) is 3.72. The number of aromatic nitrogens is 1. The molecule has 64 valence electrons. The molecule has 12 heavy (non-hydrogen) atoms. The van der Waals surface area contributed by atoms with Crippen LogP contribution in [0.4, 0.5) is 0 Å². The monoisotopic (exact) mass is 164 g/mol. The number of hydrogen-bond donors (Lipinski definition) is 2. The molecular weight excluding hydrogens is 152 g/mol. The van der Waals surface area contributed by atoms with Gasteiger partial charge in [0.05, 0.1) is 12.6 Å². The highest BCUT2D eigenvalue weighted by Crippen LogP contribution is 2.14. The van der Waals surface area contributed by atoms with Crippen LogP contribution in [-0.4, -0.2) is 16.7 Å². The normalized spacial score (nSPS) is 12.5. The molecular formula is C9H12N2O. The Morgan fingerprint density at radius 2 is 2.50 bits per heavy atom. The Morgan fingerprint density at radius 3 is 3.08 bits per heavy atom. The van der Waals surface area contributed by atoms with Crippen LogP contribution in [0.2, 0.25) is 0 Å². The quantitative estimate of drug-likeness (QED) is 0.692. The van der Waals surface area contributed by atoms with Crippen LogP contribution in [0.3, 0.4) is 0 Å². The molecule has 1 rings (SSSR count). The van der Waals surface area contributed by atoms with Gasteiger partial charge in [-0.25, -0.2) is 0 Å².